The molecule has 0 spiro atoms. The molecule has 1 N–H and O–H groups in total. The van der Waals surface area contributed by atoms with Gasteiger partial charge in [-0.15, -0.1) is 0 Å². The van der Waals surface area contributed by atoms with E-state index < -0.39 is 0 Å². The van der Waals surface area contributed by atoms with E-state index >= 15 is 0 Å². The maximum absolute atomic E-state index is 5.15. The predicted octanol–water partition coefficient (Wildman–Crippen LogP) is 1.44. The second-order valence-corrected chi connectivity index (χ2v) is 5.90. The minimum atomic E-state index is 0.444. The number of nitrogens with one attached hydrogen (secondary N) is 1. The Morgan fingerprint density at radius 1 is 1.33 bits per heavy atom. The van der Waals surface area contributed by atoms with Crippen molar-refractivity contribution in [1.82, 2.24) is 14.9 Å². The Kier molecular flexibility index (Phi) is 5.76. The fraction of sp³-hybridized carbons (Fsp3) is 0.733. The third kappa shape index (κ3) is 4.54. The van der Waals surface area contributed by atoms with Gasteiger partial charge in [0.1, 0.15) is 18.2 Å². The molecule has 1 fully saturated rings. The third-order valence-corrected chi connectivity index (χ3v) is 3.85. The quantitative estimate of drug-likeness (QED) is 0.856. The number of rotatable bonds is 6. The van der Waals surface area contributed by atoms with Crippen LogP contribution in [0.3, 0.4) is 0 Å². The van der Waals surface area contributed by atoms with Gasteiger partial charge in [-0.25, -0.2) is 9.97 Å². The molecule has 21 heavy (non-hydrogen) atoms. The summed E-state index contributed by atoms with van der Waals surface area (Å²) < 4.78 is 5.15. The highest BCUT2D eigenvalue weighted by Gasteiger charge is 2.21. The number of anilines is 2. The maximum atomic E-state index is 5.15. The second-order valence-electron chi connectivity index (χ2n) is 5.90. The van der Waals surface area contributed by atoms with Crippen LogP contribution in [0.1, 0.15) is 18.7 Å². The molecular weight excluding hydrogens is 266 g/mol. The lowest BCUT2D eigenvalue weighted by atomic mass is 9.96. The van der Waals surface area contributed by atoms with Crippen LogP contribution in [0.25, 0.3) is 0 Å². The maximum Gasteiger partial charge on any atom is 0.158 e. The normalized spacial score (nSPS) is 16.5. The molecule has 1 aliphatic heterocycles. The van der Waals surface area contributed by atoms with Crippen molar-refractivity contribution in [2.24, 2.45) is 5.92 Å². The van der Waals surface area contributed by atoms with E-state index in [1.54, 1.807) is 7.11 Å². The monoisotopic (exact) mass is 293 g/mol. The minimum Gasteiger partial charge on any atom is -0.377 e. The Bertz CT molecular complexity index is 444. The van der Waals surface area contributed by atoms with Crippen molar-refractivity contribution in [2.75, 3.05) is 58.1 Å². The van der Waals surface area contributed by atoms with Crippen LogP contribution in [0, 0.1) is 5.92 Å². The van der Waals surface area contributed by atoms with Crippen LogP contribution in [0.15, 0.2) is 6.07 Å². The molecule has 6 nitrogen and oxygen atoms in total. The standard InChI is InChI=1S/C15H27N5O/c1-16-13-9-15(18-14(17-13)11-21-4)20-7-5-12(6-8-20)10-19(2)3/h9,12H,5-8,10-11H2,1-4H3,(H,16,17,18). The molecule has 6 heteroatoms. The van der Waals surface area contributed by atoms with Crippen molar-refractivity contribution in [3.8, 4) is 0 Å². The molecule has 0 bridgehead atoms. The average Bonchev–Trinajstić information content (AvgIpc) is 2.47. The molecule has 0 atom stereocenters. The van der Waals surface area contributed by atoms with Gasteiger partial charge in [0.25, 0.3) is 0 Å². The summed E-state index contributed by atoms with van der Waals surface area (Å²) in [5.74, 6) is 3.38. The van der Waals surface area contributed by atoms with Crippen molar-refractivity contribution in [2.45, 2.75) is 19.4 Å². The van der Waals surface area contributed by atoms with Gasteiger partial charge in [0.15, 0.2) is 5.82 Å². The van der Waals surface area contributed by atoms with Crippen molar-refractivity contribution < 1.29 is 4.74 Å². The van der Waals surface area contributed by atoms with E-state index in [0.29, 0.717) is 6.61 Å². The second kappa shape index (κ2) is 7.56. The van der Waals surface area contributed by atoms with E-state index in [2.05, 4.69) is 39.2 Å². The smallest absolute Gasteiger partial charge is 0.158 e. The van der Waals surface area contributed by atoms with Crippen LogP contribution >= 0.6 is 0 Å². The van der Waals surface area contributed by atoms with Gasteiger partial charge in [0.2, 0.25) is 0 Å². The molecule has 0 saturated carbocycles. The highest BCUT2D eigenvalue weighted by molar-refractivity contribution is 5.49. The number of aromatic nitrogens is 2. The number of piperidine rings is 1. The van der Waals surface area contributed by atoms with E-state index in [4.69, 9.17) is 4.74 Å². The molecule has 1 aromatic rings. The third-order valence-electron chi connectivity index (χ3n) is 3.85. The van der Waals surface area contributed by atoms with E-state index in [9.17, 15) is 0 Å². The minimum absolute atomic E-state index is 0.444. The first-order valence-corrected chi connectivity index (χ1v) is 7.56. The van der Waals surface area contributed by atoms with Crippen LogP contribution in [0.2, 0.25) is 0 Å². The summed E-state index contributed by atoms with van der Waals surface area (Å²) >= 11 is 0. The molecule has 0 amide bonds. The Balaban J connectivity index is 2.03. The van der Waals surface area contributed by atoms with E-state index in [0.717, 1.165) is 36.5 Å². The van der Waals surface area contributed by atoms with Crippen LogP contribution in [-0.2, 0) is 11.3 Å². The van der Waals surface area contributed by atoms with Crippen molar-refractivity contribution in [3.63, 3.8) is 0 Å². The fourth-order valence-electron chi connectivity index (χ4n) is 2.83. The predicted molar refractivity (Wildman–Crippen MR) is 85.8 cm³/mol. The summed E-state index contributed by atoms with van der Waals surface area (Å²) in [6.45, 7) is 3.74. The SMILES string of the molecule is CNc1cc(N2CCC(CN(C)C)CC2)nc(COC)n1. The van der Waals surface area contributed by atoms with Crippen LogP contribution in [0.5, 0.6) is 0 Å². The number of methoxy groups -OCH3 is 1. The van der Waals surface area contributed by atoms with Gasteiger partial charge in [-0.3, -0.25) is 0 Å². The van der Waals surface area contributed by atoms with Crippen LogP contribution in [-0.4, -0.2) is 62.8 Å². The highest BCUT2D eigenvalue weighted by Crippen LogP contribution is 2.24. The first-order valence-electron chi connectivity index (χ1n) is 7.56. The summed E-state index contributed by atoms with van der Waals surface area (Å²) in [6, 6.07) is 2.02. The summed E-state index contributed by atoms with van der Waals surface area (Å²) in [5, 5.41) is 3.10. The van der Waals surface area contributed by atoms with Gasteiger partial charge in [-0.05, 0) is 32.9 Å². The summed E-state index contributed by atoms with van der Waals surface area (Å²) in [4.78, 5) is 13.7. The van der Waals surface area contributed by atoms with E-state index in [1.165, 1.54) is 19.4 Å². The zero-order valence-corrected chi connectivity index (χ0v) is 13.6. The number of hydrogen-bond acceptors (Lipinski definition) is 6. The number of ether oxygens (including phenoxy) is 1. The van der Waals surface area contributed by atoms with Gasteiger partial charge in [0.05, 0.1) is 0 Å². The van der Waals surface area contributed by atoms with Gasteiger partial charge in [0, 0.05) is 39.9 Å². The van der Waals surface area contributed by atoms with Crippen molar-refractivity contribution >= 4 is 11.6 Å². The molecule has 0 aliphatic carbocycles. The fourth-order valence-corrected chi connectivity index (χ4v) is 2.83. The largest absolute Gasteiger partial charge is 0.377 e. The van der Waals surface area contributed by atoms with Crippen LogP contribution in [0.4, 0.5) is 11.6 Å². The Morgan fingerprint density at radius 2 is 2.05 bits per heavy atom. The van der Waals surface area contributed by atoms with Crippen LogP contribution < -0.4 is 10.2 Å². The lowest BCUT2D eigenvalue weighted by Gasteiger charge is -2.34. The first kappa shape index (κ1) is 16.0. The Hall–Kier alpha value is -1.40. The zero-order valence-electron chi connectivity index (χ0n) is 13.6. The first-order chi connectivity index (χ1) is 10.1. The number of hydrogen-bond donors (Lipinski definition) is 1. The van der Waals surface area contributed by atoms with Gasteiger partial charge in [-0.1, -0.05) is 0 Å². The van der Waals surface area contributed by atoms with Crippen molar-refractivity contribution in [3.05, 3.63) is 11.9 Å². The molecule has 1 saturated heterocycles. The van der Waals surface area contributed by atoms with Gasteiger partial charge in [-0.2, -0.15) is 0 Å². The molecule has 1 aliphatic rings. The molecule has 2 heterocycles. The molecular formula is C15H27N5O. The average molecular weight is 293 g/mol. The zero-order chi connectivity index (χ0) is 15.2. The highest BCUT2D eigenvalue weighted by atomic mass is 16.5. The summed E-state index contributed by atoms with van der Waals surface area (Å²) in [6.07, 6.45) is 2.44. The molecule has 118 valence electrons. The molecule has 0 aromatic carbocycles. The molecule has 0 radical (unpaired) electrons. The summed E-state index contributed by atoms with van der Waals surface area (Å²) in [7, 11) is 7.84. The molecule has 1 aromatic heterocycles. The number of nitrogens with zero attached hydrogens (tertiary/aromatic N) is 4. The van der Waals surface area contributed by atoms with E-state index in [1.807, 2.05) is 13.1 Å². The Labute approximate surface area is 127 Å². The lowest BCUT2D eigenvalue weighted by molar-refractivity contribution is 0.178. The molecule has 2 rings (SSSR count). The topological polar surface area (TPSA) is 53.5 Å². The summed E-state index contributed by atoms with van der Waals surface area (Å²) in [5.41, 5.74) is 0. The van der Waals surface area contributed by atoms with Gasteiger partial charge >= 0.3 is 0 Å². The molecule has 0 unspecified atom stereocenters. The van der Waals surface area contributed by atoms with Gasteiger partial charge < -0.3 is 19.9 Å². The lowest BCUT2D eigenvalue weighted by Crippen LogP contribution is -2.37. The Morgan fingerprint density at radius 3 is 2.62 bits per heavy atom. The van der Waals surface area contributed by atoms with E-state index in [-0.39, 0.29) is 0 Å². The van der Waals surface area contributed by atoms with Crippen molar-refractivity contribution in [1.29, 1.82) is 0 Å².